The summed E-state index contributed by atoms with van der Waals surface area (Å²) in [5, 5.41) is 19.5. The van der Waals surface area contributed by atoms with E-state index < -0.39 is 0 Å². The maximum atomic E-state index is 9.94. The van der Waals surface area contributed by atoms with Crippen molar-refractivity contribution in [3.8, 4) is 11.5 Å². The molecule has 3 rings (SSSR count). The lowest BCUT2D eigenvalue weighted by Gasteiger charge is -2.43. The van der Waals surface area contributed by atoms with E-state index >= 15 is 0 Å². The molecule has 1 fully saturated rings. The van der Waals surface area contributed by atoms with Crippen molar-refractivity contribution in [2.24, 2.45) is 5.92 Å². The van der Waals surface area contributed by atoms with Gasteiger partial charge < -0.3 is 15.1 Å². The molecule has 0 saturated carbocycles. The van der Waals surface area contributed by atoms with E-state index in [0.29, 0.717) is 12.0 Å². The Kier molecular flexibility index (Phi) is 3.87. The topological polar surface area (TPSA) is 43.7 Å². The minimum absolute atomic E-state index is 0. The Labute approximate surface area is 118 Å². The summed E-state index contributed by atoms with van der Waals surface area (Å²) in [7, 11) is 2.20. The lowest BCUT2D eigenvalue weighted by molar-refractivity contribution is 0.111. The van der Waals surface area contributed by atoms with Crippen molar-refractivity contribution in [1.82, 2.24) is 4.90 Å². The zero-order valence-corrected chi connectivity index (χ0v) is 12.3. The van der Waals surface area contributed by atoms with Crippen LogP contribution in [0.1, 0.15) is 24.0 Å². The molecular formula is C14H20BrNO2. The molecule has 2 aliphatic rings. The Morgan fingerprint density at radius 3 is 2.78 bits per heavy atom. The third kappa shape index (κ3) is 2.12. The van der Waals surface area contributed by atoms with E-state index in [1.165, 1.54) is 24.9 Å². The molecule has 0 spiro atoms. The smallest absolute Gasteiger partial charge is 0.160 e. The van der Waals surface area contributed by atoms with Crippen LogP contribution in [0.3, 0.4) is 0 Å². The summed E-state index contributed by atoms with van der Waals surface area (Å²) in [5.41, 5.74) is 2.18. The Bertz CT molecular complexity index is 450. The van der Waals surface area contributed by atoms with Crippen LogP contribution in [-0.2, 0) is 12.8 Å². The maximum Gasteiger partial charge on any atom is 0.160 e. The normalized spacial score (nSPS) is 26.9. The number of phenolic OH excluding ortho intramolecular Hbond substituents is 2. The molecule has 4 heteroatoms. The van der Waals surface area contributed by atoms with Crippen molar-refractivity contribution in [3.05, 3.63) is 23.3 Å². The number of hydrogen-bond acceptors (Lipinski definition) is 3. The number of likely N-dealkylation sites (tertiary alicyclic amines) is 1. The van der Waals surface area contributed by atoms with Gasteiger partial charge in [0.1, 0.15) is 0 Å². The molecule has 1 aliphatic heterocycles. The van der Waals surface area contributed by atoms with Crippen LogP contribution >= 0.6 is 17.0 Å². The molecule has 1 aliphatic carbocycles. The summed E-state index contributed by atoms with van der Waals surface area (Å²) in [6, 6.07) is 4.18. The third-order valence-corrected chi connectivity index (χ3v) is 4.45. The third-order valence-electron chi connectivity index (χ3n) is 4.45. The highest BCUT2D eigenvalue weighted by Gasteiger charge is 2.35. The van der Waals surface area contributed by atoms with E-state index in [-0.39, 0.29) is 28.5 Å². The number of hydrogen-bond donors (Lipinski definition) is 2. The zero-order chi connectivity index (χ0) is 12.0. The monoisotopic (exact) mass is 313 g/mol. The van der Waals surface area contributed by atoms with Gasteiger partial charge in [-0.05, 0) is 56.8 Å². The van der Waals surface area contributed by atoms with E-state index in [1.54, 1.807) is 6.07 Å². The van der Waals surface area contributed by atoms with Gasteiger partial charge in [0, 0.05) is 11.6 Å². The second kappa shape index (κ2) is 5.10. The molecule has 1 aromatic rings. The van der Waals surface area contributed by atoms with Crippen LogP contribution in [-0.4, -0.2) is 34.7 Å². The summed E-state index contributed by atoms with van der Waals surface area (Å²) < 4.78 is 0. The number of likely N-dealkylation sites (N-methyl/N-ethyl adjacent to an activating group) is 1. The van der Waals surface area contributed by atoms with Crippen molar-refractivity contribution in [2.75, 3.05) is 13.6 Å². The standard InChI is InChI=1S/C14H19NO2.BrH/c1-15-6-2-3-10-7-11-9(8-12(10)15)4-5-13(16)14(11)17;/h4-5,10,12,16-17H,2-3,6-8H2,1H3;1H/t10-,12-;/m0./s1. The van der Waals surface area contributed by atoms with Crippen LogP contribution in [0.25, 0.3) is 0 Å². The number of benzene rings is 1. The Morgan fingerprint density at radius 2 is 2.00 bits per heavy atom. The lowest BCUT2D eigenvalue weighted by atomic mass is 9.75. The zero-order valence-electron chi connectivity index (χ0n) is 10.6. The molecular weight excluding hydrogens is 294 g/mol. The number of fused-ring (bicyclic) bond motifs is 2. The fraction of sp³-hybridized carbons (Fsp3) is 0.571. The van der Waals surface area contributed by atoms with Crippen LogP contribution in [0.15, 0.2) is 12.1 Å². The first-order chi connectivity index (χ1) is 8.16. The summed E-state index contributed by atoms with van der Waals surface area (Å²) in [6.45, 7) is 1.18. The molecule has 0 radical (unpaired) electrons. The molecule has 18 heavy (non-hydrogen) atoms. The largest absolute Gasteiger partial charge is 0.504 e. The predicted octanol–water partition coefficient (Wildman–Crippen LogP) is 2.48. The van der Waals surface area contributed by atoms with Gasteiger partial charge >= 0.3 is 0 Å². The number of phenols is 2. The van der Waals surface area contributed by atoms with Crippen molar-refractivity contribution in [1.29, 1.82) is 0 Å². The molecule has 2 atom stereocenters. The fourth-order valence-corrected chi connectivity index (χ4v) is 3.45. The van der Waals surface area contributed by atoms with E-state index in [9.17, 15) is 10.2 Å². The van der Waals surface area contributed by atoms with Crippen LogP contribution in [0, 0.1) is 5.92 Å². The van der Waals surface area contributed by atoms with E-state index in [4.69, 9.17) is 0 Å². The Morgan fingerprint density at radius 1 is 1.22 bits per heavy atom. The molecule has 1 saturated heterocycles. The number of rotatable bonds is 0. The first-order valence-corrected chi connectivity index (χ1v) is 6.39. The van der Waals surface area contributed by atoms with E-state index in [2.05, 4.69) is 11.9 Å². The summed E-state index contributed by atoms with van der Waals surface area (Å²) in [5.74, 6) is 0.759. The highest BCUT2D eigenvalue weighted by atomic mass is 79.9. The van der Waals surface area contributed by atoms with Gasteiger partial charge in [0.15, 0.2) is 11.5 Å². The first-order valence-electron chi connectivity index (χ1n) is 6.39. The van der Waals surface area contributed by atoms with Gasteiger partial charge in [0.25, 0.3) is 0 Å². The minimum atomic E-state index is 0. The van der Waals surface area contributed by atoms with Crippen molar-refractivity contribution in [3.63, 3.8) is 0 Å². The molecule has 0 amide bonds. The quantitative estimate of drug-likeness (QED) is 0.723. The molecule has 3 nitrogen and oxygen atoms in total. The highest BCUT2D eigenvalue weighted by Crippen LogP contribution is 2.41. The van der Waals surface area contributed by atoms with Crippen LogP contribution in [0.2, 0.25) is 0 Å². The van der Waals surface area contributed by atoms with Crippen molar-refractivity contribution >= 4 is 17.0 Å². The Balaban J connectivity index is 0.00000120. The molecule has 1 heterocycles. The molecule has 0 aromatic heterocycles. The van der Waals surface area contributed by atoms with Crippen molar-refractivity contribution < 1.29 is 10.2 Å². The second-order valence-electron chi connectivity index (χ2n) is 5.43. The van der Waals surface area contributed by atoms with Crippen LogP contribution < -0.4 is 0 Å². The number of halogens is 1. The van der Waals surface area contributed by atoms with Gasteiger partial charge in [-0.3, -0.25) is 0 Å². The van der Waals surface area contributed by atoms with Gasteiger partial charge in [-0.1, -0.05) is 6.07 Å². The van der Waals surface area contributed by atoms with Crippen LogP contribution in [0.5, 0.6) is 11.5 Å². The lowest BCUT2D eigenvalue weighted by Crippen LogP contribution is -2.47. The average Bonchev–Trinajstić information content (AvgIpc) is 2.33. The number of aromatic hydroxyl groups is 2. The van der Waals surface area contributed by atoms with Crippen LogP contribution in [0.4, 0.5) is 0 Å². The molecule has 0 unspecified atom stereocenters. The van der Waals surface area contributed by atoms with Gasteiger partial charge in [0.05, 0.1) is 0 Å². The maximum absolute atomic E-state index is 9.94. The molecule has 1 aromatic carbocycles. The predicted molar refractivity (Wildman–Crippen MR) is 76.6 cm³/mol. The summed E-state index contributed by atoms with van der Waals surface area (Å²) in [4.78, 5) is 2.45. The van der Waals surface area contributed by atoms with Gasteiger partial charge in [-0.2, -0.15) is 0 Å². The van der Waals surface area contributed by atoms with E-state index in [0.717, 1.165) is 18.4 Å². The number of piperidine rings is 1. The molecule has 100 valence electrons. The summed E-state index contributed by atoms with van der Waals surface area (Å²) in [6.07, 6.45) is 4.39. The second-order valence-corrected chi connectivity index (χ2v) is 5.43. The average molecular weight is 314 g/mol. The molecule has 0 bridgehead atoms. The van der Waals surface area contributed by atoms with Crippen molar-refractivity contribution in [2.45, 2.75) is 31.7 Å². The fourth-order valence-electron chi connectivity index (χ4n) is 3.45. The van der Waals surface area contributed by atoms with Gasteiger partial charge in [-0.25, -0.2) is 0 Å². The molecule has 2 N–H and O–H groups in total. The van der Waals surface area contributed by atoms with Gasteiger partial charge in [0.2, 0.25) is 0 Å². The Hall–Kier alpha value is -0.740. The first kappa shape index (κ1) is 13.7. The van der Waals surface area contributed by atoms with Gasteiger partial charge in [-0.15, -0.1) is 17.0 Å². The highest BCUT2D eigenvalue weighted by molar-refractivity contribution is 8.93. The SMILES string of the molecule is Br.CN1CCC[C@H]2Cc3c(ccc(O)c3O)C[C@@H]21. The number of nitrogens with zero attached hydrogens (tertiary/aromatic N) is 1. The van der Waals surface area contributed by atoms with E-state index in [1.807, 2.05) is 6.07 Å². The summed E-state index contributed by atoms with van der Waals surface area (Å²) >= 11 is 0. The minimum Gasteiger partial charge on any atom is -0.504 e.